The minimum atomic E-state index is -2.88. The van der Waals surface area contributed by atoms with Gasteiger partial charge in [0, 0.05) is 6.42 Å². The zero-order chi connectivity index (χ0) is 31.8. The third-order valence-electron chi connectivity index (χ3n) is 8.58. The van der Waals surface area contributed by atoms with E-state index < -0.39 is 16.6 Å². The molecule has 4 aromatic carbocycles. The average molecular weight is 618 g/mol. The predicted molar refractivity (Wildman–Crippen MR) is 190 cm³/mol. The van der Waals surface area contributed by atoms with Crippen molar-refractivity contribution in [1.29, 1.82) is 5.26 Å². The van der Waals surface area contributed by atoms with Gasteiger partial charge < -0.3 is 8.85 Å². The van der Waals surface area contributed by atoms with Gasteiger partial charge in [-0.3, -0.25) is 0 Å². The van der Waals surface area contributed by atoms with E-state index in [4.69, 9.17) is 8.85 Å². The topological polar surface area (TPSA) is 42.2 Å². The summed E-state index contributed by atoms with van der Waals surface area (Å²) in [4.78, 5) is 0. The van der Waals surface area contributed by atoms with Crippen molar-refractivity contribution >= 4 is 37.4 Å². The average Bonchev–Trinajstić information content (AvgIpc) is 3.02. The first-order valence-electron chi connectivity index (χ1n) is 15.6. The highest BCUT2D eigenvalue weighted by Crippen LogP contribution is 2.40. The van der Waals surface area contributed by atoms with Crippen molar-refractivity contribution in [3.63, 3.8) is 0 Å². The van der Waals surface area contributed by atoms with Gasteiger partial charge >= 0.3 is 0 Å². The molecule has 0 fully saturated rings. The summed E-state index contributed by atoms with van der Waals surface area (Å²) < 4.78 is 14.9. The maximum Gasteiger partial charge on any atom is 0.261 e. The van der Waals surface area contributed by atoms with Crippen LogP contribution in [0.3, 0.4) is 0 Å². The Balaban J connectivity index is 1.82. The van der Waals surface area contributed by atoms with Gasteiger partial charge in [-0.2, -0.15) is 5.26 Å². The molecular weight excluding hydrogens is 571 g/mol. The highest BCUT2D eigenvalue weighted by atomic mass is 28.4. The first-order valence-corrected chi connectivity index (χ1v) is 19.4. The quantitative estimate of drug-likeness (QED) is 0.123. The second-order valence-electron chi connectivity index (χ2n) is 13.6. The summed E-state index contributed by atoms with van der Waals surface area (Å²) >= 11 is 0. The highest BCUT2D eigenvalue weighted by Gasteiger charge is 2.53. The van der Waals surface area contributed by atoms with Crippen LogP contribution in [0.25, 0.3) is 0 Å². The van der Waals surface area contributed by atoms with Crippen LogP contribution in [0.1, 0.15) is 54.4 Å². The van der Waals surface area contributed by atoms with Crippen LogP contribution in [-0.4, -0.2) is 28.8 Å². The molecule has 4 aromatic rings. The lowest BCUT2D eigenvalue weighted by atomic mass is 10.1. The van der Waals surface area contributed by atoms with Crippen molar-refractivity contribution in [1.82, 2.24) is 0 Å². The first kappa shape index (κ1) is 33.4. The van der Waals surface area contributed by atoms with Gasteiger partial charge in [-0.05, 0) is 30.8 Å². The molecular formula is C39H47NO2Si2. The molecule has 228 valence electrons. The van der Waals surface area contributed by atoms with Crippen LogP contribution in [0.2, 0.25) is 10.1 Å². The maximum absolute atomic E-state index is 10.1. The van der Waals surface area contributed by atoms with Crippen LogP contribution in [0.4, 0.5) is 0 Å². The van der Waals surface area contributed by atoms with Crippen LogP contribution in [-0.2, 0) is 8.85 Å². The van der Waals surface area contributed by atoms with Gasteiger partial charge in [0.25, 0.3) is 16.6 Å². The summed E-state index contributed by atoms with van der Waals surface area (Å²) in [5.74, 6) is 0. The molecule has 0 aliphatic heterocycles. The second-order valence-corrected chi connectivity index (χ2v) is 22.1. The minimum Gasteiger partial charge on any atom is -0.403 e. The highest BCUT2D eigenvalue weighted by molar-refractivity contribution is 7.00. The molecule has 2 atom stereocenters. The van der Waals surface area contributed by atoms with Crippen molar-refractivity contribution in [3.8, 4) is 6.07 Å². The molecule has 0 aliphatic rings. The normalized spacial score (nSPS) is 13.9. The lowest BCUT2D eigenvalue weighted by molar-refractivity contribution is 0.123. The number of hydrogen-bond donors (Lipinski definition) is 0. The zero-order valence-corrected chi connectivity index (χ0v) is 29.2. The van der Waals surface area contributed by atoms with Crippen molar-refractivity contribution in [3.05, 3.63) is 134 Å². The maximum atomic E-state index is 10.1. The van der Waals surface area contributed by atoms with Crippen LogP contribution in [0.15, 0.2) is 134 Å². The van der Waals surface area contributed by atoms with Crippen LogP contribution < -0.4 is 20.7 Å². The third-order valence-corrected chi connectivity index (χ3v) is 18.7. The standard InChI is InChI=1S/C39H47NO2Si2/c1-8-32(41-43(38(2,3)4,34-21-13-9-14-22-34)35-23-15-10-16-24-35)31-33(29-30-40)42-44(39(5,6)7,36-25-17-11-18-26-36)37-27-19-12-20-28-37/h8-28,32-33H,1,29,31H2,2-7H3. The van der Waals surface area contributed by atoms with Gasteiger partial charge in [-0.25, -0.2) is 0 Å². The molecule has 0 amide bonds. The number of benzene rings is 4. The van der Waals surface area contributed by atoms with E-state index in [0.29, 0.717) is 6.42 Å². The summed E-state index contributed by atoms with van der Waals surface area (Å²) in [6, 6.07) is 45.0. The van der Waals surface area contributed by atoms with E-state index in [1.807, 2.05) is 6.08 Å². The van der Waals surface area contributed by atoms with Crippen molar-refractivity contribution < 1.29 is 8.85 Å². The van der Waals surface area contributed by atoms with Crippen molar-refractivity contribution in [2.45, 2.75) is 76.7 Å². The van der Waals surface area contributed by atoms with Crippen LogP contribution >= 0.6 is 0 Å². The summed E-state index contributed by atoms with van der Waals surface area (Å²) in [6.45, 7) is 17.9. The van der Waals surface area contributed by atoms with Crippen LogP contribution in [0.5, 0.6) is 0 Å². The largest absolute Gasteiger partial charge is 0.403 e. The Morgan fingerprint density at radius 3 is 1.20 bits per heavy atom. The third kappa shape index (κ3) is 6.74. The summed E-state index contributed by atoms with van der Waals surface area (Å²) in [5, 5.41) is 14.6. The van der Waals surface area contributed by atoms with Gasteiger partial charge in [0.05, 0.1) is 24.7 Å². The molecule has 0 N–H and O–H groups in total. The SMILES string of the molecule is C=CC(CC(CC#N)O[Si](c1ccccc1)(c1ccccc1)C(C)(C)C)O[Si](c1ccccc1)(c1ccccc1)C(C)(C)C. The van der Waals surface area contributed by atoms with E-state index >= 15 is 0 Å². The zero-order valence-electron chi connectivity index (χ0n) is 27.2. The number of nitriles is 1. The molecule has 0 aliphatic carbocycles. The van der Waals surface area contributed by atoms with Gasteiger partial charge in [-0.1, -0.05) is 169 Å². The predicted octanol–water partition coefficient (Wildman–Crippen LogP) is 7.37. The minimum absolute atomic E-state index is 0.180. The van der Waals surface area contributed by atoms with Crippen molar-refractivity contribution in [2.75, 3.05) is 0 Å². The fourth-order valence-electron chi connectivity index (χ4n) is 6.59. The van der Waals surface area contributed by atoms with Gasteiger partial charge in [0.1, 0.15) is 0 Å². The Kier molecular flexibility index (Phi) is 10.7. The van der Waals surface area contributed by atoms with Crippen LogP contribution in [0, 0.1) is 11.3 Å². The van der Waals surface area contributed by atoms with Crippen molar-refractivity contribution in [2.24, 2.45) is 0 Å². The van der Waals surface area contributed by atoms with Gasteiger partial charge in [-0.15, -0.1) is 6.58 Å². The first-order chi connectivity index (χ1) is 21.0. The molecule has 0 radical (unpaired) electrons. The lowest BCUT2D eigenvalue weighted by Gasteiger charge is -2.47. The van der Waals surface area contributed by atoms with E-state index in [9.17, 15) is 5.26 Å². The lowest BCUT2D eigenvalue weighted by Crippen LogP contribution is -2.68. The Morgan fingerprint density at radius 2 is 0.932 bits per heavy atom. The monoisotopic (exact) mass is 617 g/mol. The van der Waals surface area contributed by atoms with Gasteiger partial charge in [0.15, 0.2) is 0 Å². The molecule has 0 aromatic heterocycles. The molecule has 3 nitrogen and oxygen atoms in total. The Hall–Kier alpha value is -3.54. The molecule has 0 heterocycles. The second kappa shape index (κ2) is 14.0. The van der Waals surface area contributed by atoms with E-state index in [1.165, 1.54) is 20.7 Å². The molecule has 44 heavy (non-hydrogen) atoms. The molecule has 0 spiro atoms. The van der Waals surface area contributed by atoms with E-state index in [2.05, 4.69) is 176 Å². The summed E-state index contributed by atoms with van der Waals surface area (Å²) in [5.41, 5.74) is 0. The summed E-state index contributed by atoms with van der Waals surface area (Å²) in [6.07, 6.45) is 2.04. The molecule has 4 rings (SSSR count). The molecule has 2 unspecified atom stereocenters. The number of rotatable bonds is 12. The number of nitrogens with zero attached hydrogens (tertiary/aromatic N) is 1. The Morgan fingerprint density at radius 1 is 0.614 bits per heavy atom. The summed E-state index contributed by atoms with van der Waals surface area (Å²) in [7, 11) is -5.73. The Bertz CT molecular complexity index is 1430. The van der Waals surface area contributed by atoms with E-state index in [1.54, 1.807) is 0 Å². The molecule has 5 heteroatoms. The smallest absolute Gasteiger partial charge is 0.261 e. The number of hydrogen-bond acceptors (Lipinski definition) is 3. The molecule has 0 saturated carbocycles. The molecule has 0 saturated heterocycles. The molecule has 0 bridgehead atoms. The van der Waals surface area contributed by atoms with Gasteiger partial charge in [0.2, 0.25) is 0 Å². The van der Waals surface area contributed by atoms with E-state index in [-0.39, 0.29) is 28.7 Å². The van der Waals surface area contributed by atoms with E-state index in [0.717, 1.165) is 0 Å². The Labute approximate surface area is 267 Å². The fourth-order valence-corrected chi connectivity index (χ4v) is 15.9. The fraction of sp³-hybridized carbons (Fsp3) is 0.308.